The Morgan fingerprint density at radius 1 is 1.19 bits per heavy atom. The molecule has 1 aromatic carbocycles. The van der Waals surface area contributed by atoms with E-state index in [1.807, 2.05) is 0 Å². The maximum absolute atomic E-state index is 8.62. The molecule has 1 rings (SSSR count). The molecule has 1 aromatic rings. The first-order valence-electron chi connectivity index (χ1n) is 5.45. The van der Waals surface area contributed by atoms with Crippen LogP contribution in [0.3, 0.4) is 0 Å². The van der Waals surface area contributed by atoms with E-state index in [9.17, 15) is 0 Å². The van der Waals surface area contributed by atoms with Crippen LogP contribution in [0, 0.1) is 0 Å². The number of aliphatic hydroxyl groups excluding tert-OH is 1. The Hall–Kier alpha value is -1.42. The second kappa shape index (κ2) is 6.95. The normalized spacial score (nSPS) is 10.1. The van der Waals surface area contributed by atoms with E-state index in [1.54, 1.807) is 25.3 Å². The molecular formula is C12H19NO3. The first kappa shape index (κ1) is 12.6. The van der Waals surface area contributed by atoms with Gasteiger partial charge >= 0.3 is 0 Å². The van der Waals surface area contributed by atoms with Crippen molar-refractivity contribution in [2.24, 2.45) is 0 Å². The highest BCUT2D eigenvalue weighted by Gasteiger charge is 2.03. The van der Waals surface area contributed by atoms with Gasteiger partial charge in [-0.05, 0) is 31.4 Å². The minimum atomic E-state index is 0.238. The first-order chi connectivity index (χ1) is 7.77. The van der Waals surface area contributed by atoms with Crippen molar-refractivity contribution in [1.29, 1.82) is 0 Å². The topological polar surface area (TPSA) is 64.7 Å². The molecule has 0 aliphatic carbocycles. The number of rotatable bonds is 7. The first-order valence-corrected chi connectivity index (χ1v) is 5.45. The van der Waals surface area contributed by atoms with Gasteiger partial charge in [0.2, 0.25) is 0 Å². The zero-order valence-electron chi connectivity index (χ0n) is 9.61. The fourth-order valence-corrected chi connectivity index (χ4v) is 1.38. The predicted molar refractivity (Wildman–Crippen MR) is 63.8 cm³/mol. The van der Waals surface area contributed by atoms with Crippen LogP contribution in [0.2, 0.25) is 0 Å². The van der Waals surface area contributed by atoms with Gasteiger partial charge in [-0.3, -0.25) is 0 Å². The fourth-order valence-electron chi connectivity index (χ4n) is 1.38. The summed E-state index contributed by atoms with van der Waals surface area (Å²) in [5.41, 5.74) is 6.32. The highest BCUT2D eigenvalue weighted by Crippen LogP contribution is 2.29. The Bertz CT molecular complexity index is 315. The molecule has 0 aliphatic heterocycles. The van der Waals surface area contributed by atoms with E-state index >= 15 is 0 Å². The minimum Gasteiger partial charge on any atom is -0.493 e. The molecule has 0 aliphatic rings. The van der Waals surface area contributed by atoms with Gasteiger partial charge in [0.05, 0.1) is 13.7 Å². The maximum Gasteiger partial charge on any atom is 0.163 e. The molecule has 0 aromatic heterocycles. The summed E-state index contributed by atoms with van der Waals surface area (Å²) in [7, 11) is 1.60. The van der Waals surface area contributed by atoms with Crippen molar-refractivity contribution in [1.82, 2.24) is 0 Å². The number of aliphatic hydroxyl groups is 1. The van der Waals surface area contributed by atoms with Crippen LogP contribution in [0.25, 0.3) is 0 Å². The smallest absolute Gasteiger partial charge is 0.163 e. The SMILES string of the molecule is COc1ccc(N)cc1OCCCCCO. The number of nitrogens with two attached hydrogens (primary N) is 1. The predicted octanol–water partition coefficient (Wildman–Crippen LogP) is 1.82. The molecule has 3 N–H and O–H groups in total. The molecule has 0 atom stereocenters. The standard InChI is InChI=1S/C12H19NO3/c1-15-11-6-5-10(13)9-12(11)16-8-4-2-3-7-14/h5-6,9,14H,2-4,7-8,13H2,1H3. The third kappa shape index (κ3) is 3.98. The van der Waals surface area contributed by atoms with E-state index in [0.29, 0.717) is 23.8 Å². The lowest BCUT2D eigenvalue weighted by atomic mass is 10.2. The Morgan fingerprint density at radius 2 is 2.00 bits per heavy atom. The summed E-state index contributed by atoms with van der Waals surface area (Å²) in [6, 6.07) is 5.32. The molecule has 0 unspecified atom stereocenters. The molecular weight excluding hydrogens is 206 g/mol. The fraction of sp³-hybridized carbons (Fsp3) is 0.500. The van der Waals surface area contributed by atoms with Crippen LogP contribution in [-0.4, -0.2) is 25.4 Å². The lowest BCUT2D eigenvalue weighted by Gasteiger charge is -2.10. The zero-order chi connectivity index (χ0) is 11.8. The lowest BCUT2D eigenvalue weighted by Crippen LogP contribution is -2.00. The highest BCUT2D eigenvalue weighted by atomic mass is 16.5. The van der Waals surface area contributed by atoms with Crippen molar-refractivity contribution in [3.05, 3.63) is 18.2 Å². The van der Waals surface area contributed by atoms with E-state index in [1.165, 1.54) is 0 Å². The molecule has 0 saturated heterocycles. The molecule has 0 fully saturated rings. The van der Waals surface area contributed by atoms with E-state index in [0.717, 1.165) is 19.3 Å². The van der Waals surface area contributed by atoms with Crippen LogP contribution < -0.4 is 15.2 Å². The van der Waals surface area contributed by atoms with Crippen molar-refractivity contribution in [2.75, 3.05) is 26.1 Å². The molecule has 0 bridgehead atoms. The number of benzene rings is 1. The van der Waals surface area contributed by atoms with Crippen LogP contribution in [0.15, 0.2) is 18.2 Å². The summed E-state index contributed by atoms with van der Waals surface area (Å²) in [6.07, 6.45) is 2.69. The van der Waals surface area contributed by atoms with Crippen molar-refractivity contribution in [3.63, 3.8) is 0 Å². The largest absolute Gasteiger partial charge is 0.493 e. The van der Waals surface area contributed by atoms with Gasteiger partial charge in [-0.25, -0.2) is 0 Å². The van der Waals surface area contributed by atoms with E-state index < -0.39 is 0 Å². The zero-order valence-corrected chi connectivity index (χ0v) is 9.61. The second-order valence-electron chi connectivity index (χ2n) is 3.54. The Labute approximate surface area is 96.0 Å². The van der Waals surface area contributed by atoms with Crippen molar-refractivity contribution in [2.45, 2.75) is 19.3 Å². The summed E-state index contributed by atoms with van der Waals surface area (Å²) in [5.74, 6) is 1.36. The van der Waals surface area contributed by atoms with E-state index in [4.69, 9.17) is 20.3 Å². The number of anilines is 1. The molecule has 0 amide bonds. The molecule has 4 heteroatoms. The molecule has 0 spiro atoms. The number of methoxy groups -OCH3 is 1. The molecule has 16 heavy (non-hydrogen) atoms. The van der Waals surface area contributed by atoms with Gasteiger partial charge in [-0.2, -0.15) is 0 Å². The second-order valence-corrected chi connectivity index (χ2v) is 3.54. The number of hydrogen-bond acceptors (Lipinski definition) is 4. The molecule has 0 saturated carbocycles. The van der Waals surface area contributed by atoms with Crippen LogP contribution in [0.5, 0.6) is 11.5 Å². The van der Waals surface area contributed by atoms with Crippen LogP contribution in [0.4, 0.5) is 5.69 Å². The molecule has 90 valence electrons. The summed E-state index contributed by atoms with van der Waals surface area (Å²) >= 11 is 0. The minimum absolute atomic E-state index is 0.238. The Balaban J connectivity index is 2.42. The third-order valence-corrected chi connectivity index (χ3v) is 2.25. The van der Waals surface area contributed by atoms with E-state index in [-0.39, 0.29) is 6.61 Å². The number of unbranched alkanes of at least 4 members (excludes halogenated alkanes) is 2. The monoisotopic (exact) mass is 225 g/mol. The molecule has 0 heterocycles. The van der Waals surface area contributed by atoms with Crippen LogP contribution >= 0.6 is 0 Å². The number of nitrogen functional groups attached to an aromatic ring is 1. The summed E-state index contributed by atoms with van der Waals surface area (Å²) in [6.45, 7) is 0.849. The van der Waals surface area contributed by atoms with Crippen molar-refractivity contribution in [3.8, 4) is 11.5 Å². The van der Waals surface area contributed by atoms with Gasteiger partial charge < -0.3 is 20.3 Å². The lowest BCUT2D eigenvalue weighted by molar-refractivity contribution is 0.260. The third-order valence-electron chi connectivity index (χ3n) is 2.25. The average Bonchev–Trinajstić information content (AvgIpc) is 2.29. The van der Waals surface area contributed by atoms with Crippen LogP contribution in [-0.2, 0) is 0 Å². The molecule has 4 nitrogen and oxygen atoms in total. The van der Waals surface area contributed by atoms with Gasteiger partial charge in [0.15, 0.2) is 11.5 Å². The van der Waals surface area contributed by atoms with Gasteiger partial charge in [0, 0.05) is 18.4 Å². The summed E-state index contributed by atoms with van der Waals surface area (Å²) in [4.78, 5) is 0. The number of hydrogen-bond donors (Lipinski definition) is 2. The quantitative estimate of drug-likeness (QED) is 0.548. The summed E-state index contributed by atoms with van der Waals surface area (Å²) in [5, 5.41) is 8.62. The van der Waals surface area contributed by atoms with Gasteiger partial charge in [-0.1, -0.05) is 0 Å². The van der Waals surface area contributed by atoms with E-state index in [2.05, 4.69) is 0 Å². The van der Waals surface area contributed by atoms with Gasteiger partial charge in [0.1, 0.15) is 0 Å². The van der Waals surface area contributed by atoms with Gasteiger partial charge in [-0.15, -0.1) is 0 Å². The highest BCUT2D eigenvalue weighted by molar-refractivity contribution is 5.51. The summed E-state index contributed by atoms with van der Waals surface area (Å²) < 4.78 is 10.7. The average molecular weight is 225 g/mol. The van der Waals surface area contributed by atoms with Crippen molar-refractivity contribution < 1.29 is 14.6 Å². The Morgan fingerprint density at radius 3 is 2.69 bits per heavy atom. The van der Waals surface area contributed by atoms with Crippen LogP contribution in [0.1, 0.15) is 19.3 Å². The maximum atomic E-state index is 8.62. The van der Waals surface area contributed by atoms with Crippen molar-refractivity contribution >= 4 is 5.69 Å². The number of ether oxygens (including phenoxy) is 2. The molecule has 0 radical (unpaired) electrons. The van der Waals surface area contributed by atoms with Gasteiger partial charge in [0.25, 0.3) is 0 Å². The Kier molecular flexibility index (Phi) is 5.50.